The van der Waals surface area contributed by atoms with Gasteiger partial charge in [-0.2, -0.15) is 0 Å². The summed E-state index contributed by atoms with van der Waals surface area (Å²) in [6.45, 7) is 0.759. The van der Waals surface area contributed by atoms with Gasteiger partial charge in [-0.05, 0) is 35.9 Å². The van der Waals surface area contributed by atoms with Crippen molar-refractivity contribution in [1.29, 1.82) is 0 Å². The SMILES string of the molecule is Oc1ccc(NCc2c[nH]c3ccccc23)cc1. The van der Waals surface area contributed by atoms with E-state index in [1.54, 1.807) is 12.1 Å². The summed E-state index contributed by atoms with van der Waals surface area (Å²) in [5, 5.41) is 13.8. The average molecular weight is 238 g/mol. The van der Waals surface area contributed by atoms with E-state index >= 15 is 0 Å². The molecular formula is C15H14N2O. The van der Waals surface area contributed by atoms with E-state index in [0.29, 0.717) is 0 Å². The Kier molecular flexibility index (Phi) is 2.65. The van der Waals surface area contributed by atoms with Crippen LogP contribution >= 0.6 is 0 Å². The Labute approximate surface area is 105 Å². The molecule has 3 nitrogen and oxygen atoms in total. The molecule has 0 amide bonds. The summed E-state index contributed by atoms with van der Waals surface area (Å²) in [4.78, 5) is 3.25. The number of H-pyrrole nitrogens is 1. The van der Waals surface area contributed by atoms with E-state index in [4.69, 9.17) is 0 Å². The number of aromatic amines is 1. The Hall–Kier alpha value is -2.42. The maximum absolute atomic E-state index is 9.22. The minimum Gasteiger partial charge on any atom is -0.508 e. The third-order valence-electron chi connectivity index (χ3n) is 3.03. The number of nitrogens with one attached hydrogen (secondary N) is 2. The molecule has 1 heterocycles. The van der Waals surface area contributed by atoms with Gasteiger partial charge in [-0.15, -0.1) is 0 Å². The maximum Gasteiger partial charge on any atom is 0.115 e. The predicted octanol–water partition coefficient (Wildman–Crippen LogP) is 3.49. The van der Waals surface area contributed by atoms with Crippen molar-refractivity contribution in [2.45, 2.75) is 6.54 Å². The maximum atomic E-state index is 9.22. The fourth-order valence-corrected chi connectivity index (χ4v) is 2.05. The molecule has 3 aromatic rings. The van der Waals surface area contributed by atoms with Crippen LogP contribution in [0, 0.1) is 0 Å². The summed E-state index contributed by atoms with van der Waals surface area (Å²) >= 11 is 0. The van der Waals surface area contributed by atoms with E-state index in [-0.39, 0.29) is 5.75 Å². The molecule has 0 bridgehead atoms. The van der Waals surface area contributed by atoms with Crippen LogP contribution in [0.5, 0.6) is 5.75 Å². The Morgan fingerprint density at radius 1 is 1.00 bits per heavy atom. The van der Waals surface area contributed by atoms with Gasteiger partial charge in [0.15, 0.2) is 0 Å². The molecule has 0 radical (unpaired) electrons. The van der Waals surface area contributed by atoms with Crippen molar-refractivity contribution >= 4 is 16.6 Å². The molecule has 0 saturated heterocycles. The highest BCUT2D eigenvalue weighted by atomic mass is 16.3. The van der Waals surface area contributed by atoms with Crippen LogP contribution < -0.4 is 5.32 Å². The number of aromatic nitrogens is 1. The molecule has 3 N–H and O–H groups in total. The molecule has 0 aliphatic rings. The zero-order chi connectivity index (χ0) is 12.4. The van der Waals surface area contributed by atoms with Crippen LogP contribution in [-0.4, -0.2) is 10.1 Å². The zero-order valence-corrected chi connectivity index (χ0v) is 9.85. The van der Waals surface area contributed by atoms with Crippen molar-refractivity contribution in [3.8, 4) is 5.75 Å². The minimum atomic E-state index is 0.285. The van der Waals surface area contributed by atoms with Crippen molar-refractivity contribution in [2.24, 2.45) is 0 Å². The predicted molar refractivity (Wildman–Crippen MR) is 73.7 cm³/mol. The first-order valence-electron chi connectivity index (χ1n) is 5.91. The molecule has 18 heavy (non-hydrogen) atoms. The number of hydrogen-bond donors (Lipinski definition) is 3. The van der Waals surface area contributed by atoms with Crippen molar-refractivity contribution in [1.82, 2.24) is 4.98 Å². The molecule has 90 valence electrons. The Balaban J connectivity index is 1.79. The summed E-state index contributed by atoms with van der Waals surface area (Å²) in [7, 11) is 0. The molecule has 0 aliphatic carbocycles. The summed E-state index contributed by atoms with van der Waals surface area (Å²) in [6.07, 6.45) is 2.03. The number of phenolic OH excluding ortho intramolecular Hbond substituents is 1. The third-order valence-corrected chi connectivity index (χ3v) is 3.03. The van der Waals surface area contributed by atoms with E-state index in [9.17, 15) is 5.11 Å². The van der Waals surface area contributed by atoms with Gasteiger partial charge in [-0.25, -0.2) is 0 Å². The monoisotopic (exact) mass is 238 g/mol. The Morgan fingerprint density at radius 3 is 2.61 bits per heavy atom. The first-order chi connectivity index (χ1) is 8.83. The fraction of sp³-hybridized carbons (Fsp3) is 0.0667. The van der Waals surface area contributed by atoms with Gasteiger partial charge in [-0.1, -0.05) is 18.2 Å². The second kappa shape index (κ2) is 4.45. The van der Waals surface area contributed by atoms with E-state index in [2.05, 4.69) is 22.4 Å². The zero-order valence-electron chi connectivity index (χ0n) is 9.85. The first kappa shape index (κ1) is 10.7. The molecule has 0 spiro atoms. The smallest absolute Gasteiger partial charge is 0.115 e. The minimum absolute atomic E-state index is 0.285. The molecule has 2 aromatic carbocycles. The van der Waals surface area contributed by atoms with Crippen LogP contribution in [0.1, 0.15) is 5.56 Å². The summed E-state index contributed by atoms with van der Waals surface area (Å²) in [6, 6.07) is 15.3. The van der Waals surface area contributed by atoms with Gasteiger partial charge in [0.25, 0.3) is 0 Å². The Morgan fingerprint density at radius 2 is 1.78 bits per heavy atom. The largest absolute Gasteiger partial charge is 0.508 e. The van der Waals surface area contributed by atoms with Gasteiger partial charge in [0, 0.05) is 29.3 Å². The van der Waals surface area contributed by atoms with E-state index in [1.165, 1.54) is 10.9 Å². The number of fused-ring (bicyclic) bond motifs is 1. The van der Waals surface area contributed by atoms with E-state index in [0.717, 1.165) is 17.7 Å². The standard InChI is InChI=1S/C15H14N2O/c18-13-7-5-12(6-8-13)16-9-11-10-17-15-4-2-1-3-14(11)15/h1-8,10,16-18H,9H2. The van der Waals surface area contributed by atoms with Crippen molar-refractivity contribution in [3.63, 3.8) is 0 Å². The third kappa shape index (κ3) is 2.02. The van der Waals surface area contributed by atoms with Gasteiger partial charge in [-0.3, -0.25) is 0 Å². The fourth-order valence-electron chi connectivity index (χ4n) is 2.05. The number of benzene rings is 2. The Bertz CT molecular complexity index is 656. The molecule has 3 heteroatoms. The number of anilines is 1. The second-order valence-electron chi connectivity index (χ2n) is 4.26. The van der Waals surface area contributed by atoms with Gasteiger partial charge in [0.1, 0.15) is 5.75 Å². The lowest BCUT2D eigenvalue weighted by atomic mass is 10.2. The van der Waals surface area contributed by atoms with Gasteiger partial charge >= 0.3 is 0 Å². The van der Waals surface area contributed by atoms with Crippen LogP contribution in [0.15, 0.2) is 54.7 Å². The highest BCUT2D eigenvalue weighted by Crippen LogP contribution is 2.20. The lowest BCUT2D eigenvalue weighted by Gasteiger charge is -2.05. The molecule has 0 aliphatic heterocycles. The number of hydrogen-bond acceptors (Lipinski definition) is 2. The normalized spacial score (nSPS) is 10.7. The van der Waals surface area contributed by atoms with Crippen LogP contribution in [0.3, 0.4) is 0 Å². The summed E-state index contributed by atoms with van der Waals surface area (Å²) in [5.74, 6) is 0.285. The quantitative estimate of drug-likeness (QED) is 0.612. The van der Waals surface area contributed by atoms with E-state index in [1.807, 2.05) is 30.5 Å². The molecule has 0 atom stereocenters. The average Bonchev–Trinajstić information content (AvgIpc) is 2.82. The number of rotatable bonds is 3. The van der Waals surface area contributed by atoms with Crippen LogP contribution in [0.25, 0.3) is 10.9 Å². The number of para-hydroxylation sites is 1. The summed E-state index contributed by atoms with van der Waals surface area (Å²) in [5.41, 5.74) is 3.39. The molecule has 0 fully saturated rings. The van der Waals surface area contributed by atoms with E-state index < -0.39 is 0 Å². The highest BCUT2D eigenvalue weighted by Gasteiger charge is 2.02. The lowest BCUT2D eigenvalue weighted by molar-refractivity contribution is 0.475. The topological polar surface area (TPSA) is 48.0 Å². The summed E-state index contributed by atoms with van der Waals surface area (Å²) < 4.78 is 0. The molecule has 0 saturated carbocycles. The van der Waals surface area contributed by atoms with Crippen molar-refractivity contribution in [3.05, 3.63) is 60.3 Å². The molecule has 3 rings (SSSR count). The number of phenols is 1. The number of aromatic hydroxyl groups is 1. The van der Waals surface area contributed by atoms with Crippen molar-refractivity contribution < 1.29 is 5.11 Å². The first-order valence-corrected chi connectivity index (χ1v) is 5.91. The van der Waals surface area contributed by atoms with Crippen LogP contribution in [0.2, 0.25) is 0 Å². The molecule has 1 aromatic heterocycles. The van der Waals surface area contributed by atoms with Crippen LogP contribution in [0.4, 0.5) is 5.69 Å². The molecule has 0 unspecified atom stereocenters. The highest BCUT2D eigenvalue weighted by molar-refractivity contribution is 5.83. The lowest BCUT2D eigenvalue weighted by Crippen LogP contribution is -1.97. The van der Waals surface area contributed by atoms with Crippen LogP contribution in [-0.2, 0) is 6.54 Å². The van der Waals surface area contributed by atoms with Gasteiger partial charge in [0.2, 0.25) is 0 Å². The van der Waals surface area contributed by atoms with Gasteiger partial charge in [0.05, 0.1) is 0 Å². The molecular weight excluding hydrogens is 224 g/mol. The second-order valence-corrected chi connectivity index (χ2v) is 4.26. The van der Waals surface area contributed by atoms with Gasteiger partial charge < -0.3 is 15.4 Å². The van der Waals surface area contributed by atoms with Crippen molar-refractivity contribution in [2.75, 3.05) is 5.32 Å².